The van der Waals surface area contributed by atoms with Crippen LogP contribution in [0.2, 0.25) is 0 Å². The van der Waals surface area contributed by atoms with Crippen molar-refractivity contribution in [1.29, 1.82) is 0 Å². The lowest BCUT2D eigenvalue weighted by molar-refractivity contribution is 0.272. The molecule has 0 atom stereocenters. The van der Waals surface area contributed by atoms with E-state index >= 15 is 0 Å². The Balaban J connectivity index is 2.84. The van der Waals surface area contributed by atoms with Gasteiger partial charge in [0.25, 0.3) is 0 Å². The Hall–Kier alpha value is -1.18. The molecule has 0 saturated heterocycles. The Morgan fingerprint density at radius 3 is 2.31 bits per heavy atom. The minimum Gasteiger partial charge on any atom is -0.491 e. The number of nitrogen functional groups attached to an aromatic ring is 1. The zero-order chi connectivity index (χ0) is 12.3. The van der Waals surface area contributed by atoms with Crippen molar-refractivity contribution in [3.05, 3.63) is 23.8 Å². The fourth-order valence-electron chi connectivity index (χ4n) is 1.40. The number of hydrogen-bond donors (Lipinski definition) is 1. The summed E-state index contributed by atoms with van der Waals surface area (Å²) < 4.78 is 5.64. The van der Waals surface area contributed by atoms with Crippen LogP contribution in [0.25, 0.3) is 0 Å². The zero-order valence-electron chi connectivity index (χ0n) is 11.0. The van der Waals surface area contributed by atoms with E-state index in [-0.39, 0.29) is 5.41 Å². The van der Waals surface area contributed by atoms with Crippen LogP contribution in [0.5, 0.6) is 5.75 Å². The summed E-state index contributed by atoms with van der Waals surface area (Å²) in [6.07, 6.45) is 0. The predicted octanol–water partition coefficient (Wildman–Crippen LogP) is 3.60. The van der Waals surface area contributed by atoms with Crippen LogP contribution in [0.4, 0.5) is 5.69 Å². The van der Waals surface area contributed by atoms with Crippen LogP contribution < -0.4 is 10.5 Å². The summed E-state index contributed by atoms with van der Waals surface area (Å²) in [4.78, 5) is 0. The van der Waals surface area contributed by atoms with Crippen LogP contribution in [-0.2, 0) is 5.41 Å². The SMILES string of the molecule is CC(C)COc1ccc(C(C)(C)C)cc1N. The van der Waals surface area contributed by atoms with E-state index in [9.17, 15) is 0 Å². The third-order valence-corrected chi connectivity index (χ3v) is 2.45. The van der Waals surface area contributed by atoms with E-state index in [1.165, 1.54) is 5.56 Å². The van der Waals surface area contributed by atoms with Crippen molar-refractivity contribution >= 4 is 5.69 Å². The van der Waals surface area contributed by atoms with Gasteiger partial charge in [-0.3, -0.25) is 0 Å². The smallest absolute Gasteiger partial charge is 0.142 e. The topological polar surface area (TPSA) is 35.2 Å². The van der Waals surface area contributed by atoms with Crippen molar-refractivity contribution in [2.75, 3.05) is 12.3 Å². The van der Waals surface area contributed by atoms with Crippen molar-refractivity contribution < 1.29 is 4.74 Å². The lowest BCUT2D eigenvalue weighted by atomic mass is 9.87. The van der Waals surface area contributed by atoms with Crippen molar-refractivity contribution in [2.24, 2.45) is 5.92 Å². The van der Waals surface area contributed by atoms with E-state index in [2.05, 4.69) is 40.7 Å². The Kier molecular flexibility index (Phi) is 3.84. The maximum atomic E-state index is 5.98. The lowest BCUT2D eigenvalue weighted by Crippen LogP contribution is -2.12. The summed E-state index contributed by atoms with van der Waals surface area (Å²) in [7, 11) is 0. The van der Waals surface area contributed by atoms with E-state index < -0.39 is 0 Å². The summed E-state index contributed by atoms with van der Waals surface area (Å²) in [5.74, 6) is 1.31. The molecule has 0 spiro atoms. The molecule has 2 heteroatoms. The summed E-state index contributed by atoms with van der Waals surface area (Å²) in [6, 6.07) is 6.07. The van der Waals surface area contributed by atoms with Gasteiger partial charge in [0, 0.05) is 0 Å². The van der Waals surface area contributed by atoms with Gasteiger partial charge in [-0.1, -0.05) is 40.7 Å². The number of anilines is 1. The first-order valence-electron chi connectivity index (χ1n) is 5.83. The Morgan fingerprint density at radius 1 is 1.25 bits per heavy atom. The molecule has 0 unspecified atom stereocenters. The molecule has 1 aromatic rings. The number of ether oxygens (including phenoxy) is 1. The van der Waals surface area contributed by atoms with Gasteiger partial charge in [0.1, 0.15) is 5.75 Å². The molecule has 0 amide bonds. The molecule has 1 rings (SSSR count). The summed E-state index contributed by atoms with van der Waals surface area (Å²) in [6.45, 7) is 11.5. The van der Waals surface area contributed by atoms with Crippen LogP contribution in [0, 0.1) is 5.92 Å². The van der Waals surface area contributed by atoms with Gasteiger partial charge in [0.2, 0.25) is 0 Å². The van der Waals surface area contributed by atoms with Gasteiger partial charge in [-0.05, 0) is 29.0 Å². The Labute approximate surface area is 98.8 Å². The van der Waals surface area contributed by atoms with E-state index in [0.717, 1.165) is 11.4 Å². The molecule has 16 heavy (non-hydrogen) atoms. The van der Waals surface area contributed by atoms with Crippen molar-refractivity contribution in [2.45, 2.75) is 40.0 Å². The molecule has 0 fully saturated rings. The highest BCUT2D eigenvalue weighted by molar-refractivity contribution is 5.55. The first-order chi connectivity index (χ1) is 7.30. The third-order valence-electron chi connectivity index (χ3n) is 2.45. The van der Waals surface area contributed by atoms with E-state index in [1.54, 1.807) is 0 Å². The van der Waals surface area contributed by atoms with Gasteiger partial charge < -0.3 is 10.5 Å². The first-order valence-corrected chi connectivity index (χ1v) is 5.83. The second-order valence-electron chi connectivity index (χ2n) is 5.71. The predicted molar refractivity (Wildman–Crippen MR) is 69.9 cm³/mol. The zero-order valence-corrected chi connectivity index (χ0v) is 11.0. The highest BCUT2D eigenvalue weighted by Crippen LogP contribution is 2.29. The minimum atomic E-state index is 0.130. The standard InChI is InChI=1S/C14H23NO/c1-10(2)9-16-13-7-6-11(8-12(13)15)14(3,4)5/h6-8,10H,9,15H2,1-5H3. The van der Waals surface area contributed by atoms with Gasteiger partial charge in [-0.2, -0.15) is 0 Å². The normalized spacial score (nSPS) is 11.9. The number of rotatable bonds is 3. The second-order valence-corrected chi connectivity index (χ2v) is 5.71. The van der Waals surface area contributed by atoms with Crippen molar-refractivity contribution in [3.8, 4) is 5.75 Å². The quantitative estimate of drug-likeness (QED) is 0.791. The largest absolute Gasteiger partial charge is 0.491 e. The van der Waals surface area contributed by atoms with Crippen molar-refractivity contribution in [3.63, 3.8) is 0 Å². The first kappa shape index (κ1) is 12.9. The average Bonchev–Trinajstić information content (AvgIpc) is 2.14. The minimum absolute atomic E-state index is 0.130. The van der Waals surface area contributed by atoms with Crippen LogP contribution in [0.1, 0.15) is 40.2 Å². The maximum Gasteiger partial charge on any atom is 0.142 e. The van der Waals surface area contributed by atoms with E-state index in [1.807, 2.05) is 12.1 Å². The molecule has 0 saturated carbocycles. The van der Waals surface area contributed by atoms with Gasteiger partial charge in [0.15, 0.2) is 0 Å². The highest BCUT2D eigenvalue weighted by Gasteiger charge is 2.15. The Bertz CT molecular complexity index is 350. The molecule has 0 aliphatic carbocycles. The monoisotopic (exact) mass is 221 g/mol. The Morgan fingerprint density at radius 2 is 1.88 bits per heavy atom. The van der Waals surface area contributed by atoms with Crippen molar-refractivity contribution in [1.82, 2.24) is 0 Å². The molecular weight excluding hydrogens is 198 g/mol. The van der Waals surface area contributed by atoms with Crippen LogP contribution >= 0.6 is 0 Å². The van der Waals surface area contributed by atoms with Gasteiger partial charge in [0.05, 0.1) is 12.3 Å². The third kappa shape index (κ3) is 3.44. The molecular formula is C14H23NO. The molecule has 90 valence electrons. The van der Waals surface area contributed by atoms with Crippen LogP contribution in [0.3, 0.4) is 0 Å². The molecule has 0 aliphatic heterocycles. The molecule has 2 N–H and O–H groups in total. The van der Waals surface area contributed by atoms with Gasteiger partial charge in [-0.25, -0.2) is 0 Å². The summed E-state index contributed by atoms with van der Waals surface area (Å²) in [5, 5.41) is 0. The molecule has 0 heterocycles. The fraction of sp³-hybridized carbons (Fsp3) is 0.571. The molecule has 0 aliphatic rings. The van der Waals surface area contributed by atoms with Crippen LogP contribution in [0.15, 0.2) is 18.2 Å². The average molecular weight is 221 g/mol. The molecule has 0 aromatic heterocycles. The maximum absolute atomic E-state index is 5.98. The number of hydrogen-bond acceptors (Lipinski definition) is 2. The molecule has 0 radical (unpaired) electrons. The van der Waals surface area contributed by atoms with E-state index in [0.29, 0.717) is 12.5 Å². The summed E-state index contributed by atoms with van der Waals surface area (Å²) in [5.41, 5.74) is 8.08. The second kappa shape index (κ2) is 4.77. The molecule has 0 bridgehead atoms. The van der Waals surface area contributed by atoms with Gasteiger partial charge in [-0.15, -0.1) is 0 Å². The fourth-order valence-corrected chi connectivity index (χ4v) is 1.40. The van der Waals surface area contributed by atoms with Crippen LogP contribution in [-0.4, -0.2) is 6.61 Å². The molecule has 1 aromatic carbocycles. The van der Waals surface area contributed by atoms with Gasteiger partial charge >= 0.3 is 0 Å². The lowest BCUT2D eigenvalue weighted by Gasteiger charge is -2.20. The highest BCUT2D eigenvalue weighted by atomic mass is 16.5. The summed E-state index contributed by atoms with van der Waals surface area (Å²) >= 11 is 0. The number of benzene rings is 1. The molecule has 2 nitrogen and oxygen atoms in total. The van der Waals surface area contributed by atoms with E-state index in [4.69, 9.17) is 10.5 Å². The number of nitrogens with two attached hydrogens (primary N) is 1.